The highest BCUT2D eigenvalue weighted by Crippen LogP contribution is 2.38. The maximum atomic E-state index is 12.8. The van der Waals surface area contributed by atoms with E-state index < -0.39 is 5.54 Å². The summed E-state index contributed by atoms with van der Waals surface area (Å²) in [6.45, 7) is 8.92. The highest BCUT2D eigenvalue weighted by molar-refractivity contribution is 5.99. The molecular weight excluding hydrogens is 252 g/mol. The first kappa shape index (κ1) is 15.3. The van der Waals surface area contributed by atoms with Crippen LogP contribution in [0.2, 0.25) is 0 Å². The number of hydrogen-bond acceptors (Lipinski definition) is 2. The van der Waals surface area contributed by atoms with Crippen LogP contribution in [-0.4, -0.2) is 34.8 Å². The van der Waals surface area contributed by atoms with Gasteiger partial charge in [-0.2, -0.15) is 0 Å². The van der Waals surface area contributed by atoms with Gasteiger partial charge in [-0.15, -0.1) is 0 Å². The van der Waals surface area contributed by atoms with Gasteiger partial charge in [0.15, 0.2) is 0 Å². The molecule has 1 aliphatic carbocycles. The second-order valence-corrected chi connectivity index (χ2v) is 6.99. The topological polar surface area (TPSA) is 49.4 Å². The first-order valence-electron chi connectivity index (χ1n) is 8.02. The molecule has 0 aromatic heterocycles. The molecule has 1 saturated heterocycles. The van der Waals surface area contributed by atoms with Gasteiger partial charge in [-0.25, -0.2) is 0 Å². The van der Waals surface area contributed by atoms with Crippen molar-refractivity contribution in [1.29, 1.82) is 0 Å². The molecule has 2 atom stereocenters. The van der Waals surface area contributed by atoms with Gasteiger partial charge in [0, 0.05) is 6.54 Å². The highest BCUT2D eigenvalue weighted by atomic mass is 16.2. The molecule has 20 heavy (non-hydrogen) atoms. The molecule has 1 aliphatic heterocycles. The molecule has 0 radical (unpaired) electrons. The van der Waals surface area contributed by atoms with Gasteiger partial charge in [-0.3, -0.25) is 9.59 Å². The first-order valence-corrected chi connectivity index (χ1v) is 8.02. The molecule has 2 amide bonds. The molecule has 1 N–H and O–H groups in total. The van der Waals surface area contributed by atoms with Crippen LogP contribution in [0, 0.1) is 11.8 Å². The van der Waals surface area contributed by atoms with Gasteiger partial charge in [-0.1, -0.05) is 20.8 Å². The predicted molar refractivity (Wildman–Crippen MR) is 79.1 cm³/mol. The first-order chi connectivity index (χ1) is 9.39. The largest absolute Gasteiger partial charge is 0.340 e. The van der Waals surface area contributed by atoms with E-state index in [9.17, 15) is 9.59 Å². The van der Waals surface area contributed by atoms with Gasteiger partial charge in [-0.05, 0) is 50.9 Å². The Kier molecular flexibility index (Phi) is 4.40. The minimum absolute atomic E-state index is 0.0565. The smallest absolute Gasteiger partial charge is 0.248 e. The molecule has 1 saturated carbocycles. The van der Waals surface area contributed by atoms with E-state index in [-0.39, 0.29) is 17.9 Å². The summed E-state index contributed by atoms with van der Waals surface area (Å²) >= 11 is 0. The summed E-state index contributed by atoms with van der Waals surface area (Å²) in [6.07, 6.45) is 4.89. The predicted octanol–water partition coefficient (Wildman–Crippen LogP) is 2.33. The number of hydrogen-bond donors (Lipinski definition) is 1. The van der Waals surface area contributed by atoms with Gasteiger partial charge in [0.25, 0.3) is 0 Å². The van der Waals surface area contributed by atoms with E-state index in [0.717, 1.165) is 32.2 Å². The van der Waals surface area contributed by atoms with Crippen LogP contribution in [0.1, 0.15) is 59.8 Å². The summed E-state index contributed by atoms with van der Waals surface area (Å²) in [4.78, 5) is 27.0. The lowest BCUT2D eigenvalue weighted by molar-refractivity contribution is -0.155. The average molecular weight is 280 g/mol. The van der Waals surface area contributed by atoms with Crippen molar-refractivity contribution >= 4 is 11.8 Å². The van der Waals surface area contributed by atoms with Crippen molar-refractivity contribution in [1.82, 2.24) is 10.2 Å². The fourth-order valence-electron chi connectivity index (χ4n) is 3.01. The molecule has 2 aliphatic rings. The van der Waals surface area contributed by atoms with Gasteiger partial charge in [0.1, 0.15) is 11.6 Å². The second-order valence-electron chi connectivity index (χ2n) is 6.99. The summed E-state index contributed by atoms with van der Waals surface area (Å²) < 4.78 is 0. The Balaban J connectivity index is 2.11. The molecule has 4 nitrogen and oxygen atoms in total. The van der Waals surface area contributed by atoms with Crippen LogP contribution in [0.15, 0.2) is 0 Å². The molecule has 2 fully saturated rings. The summed E-state index contributed by atoms with van der Waals surface area (Å²) in [6, 6.07) is -0.214. The van der Waals surface area contributed by atoms with E-state index in [1.807, 2.05) is 18.7 Å². The lowest BCUT2D eigenvalue weighted by Gasteiger charge is -2.44. The maximum absolute atomic E-state index is 12.8. The molecule has 0 spiro atoms. The number of rotatable bonds is 6. The van der Waals surface area contributed by atoms with Crippen molar-refractivity contribution in [3.63, 3.8) is 0 Å². The van der Waals surface area contributed by atoms with E-state index in [1.54, 1.807) is 0 Å². The number of nitrogens with zero attached hydrogens (tertiary/aromatic N) is 1. The van der Waals surface area contributed by atoms with E-state index in [4.69, 9.17) is 0 Å². The zero-order valence-electron chi connectivity index (χ0n) is 13.2. The van der Waals surface area contributed by atoms with E-state index in [2.05, 4.69) is 19.2 Å². The number of amides is 2. The van der Waals surface area contributed by atoms with Crippen LogP contribution in [0.3, 0.4) is 0 Å². The number of carbonyl (C=O) groups excluding carboxylic acids is 2. The summed E-state index contributed by atoms with van der Waals surface area (Å²) in [5.74, 6) is 1.20. The molecule has 4 heteroatoms. The molecule has 0 aromatic rings. The monoisotopic (exact) mass is 280 g/mol. The Morgan fingerprint density at radius 1 is 1.35 bits per heavy atom. The Labute approximate surface area is 122 Å². The van der Waals surface area contributed by atoms with Gasteiger partial charge < -0.3 is 10.2 Å². The normalized spacial score (nSPS) is 30.9. The molecular formula is C16H28N2O2. The number of carbonyl (C=O) groups is 2. The second kappa shape index (κ2) is 5.74. The maximum Gasteiger partial charge on any atom is 0.248 e. The minimum Gasteiger partial charge on any atom is -0.340 e. The van der Waals surface area contributed by atoms with Crippen molar-refractivity contribution in [3.05, 3.63) is 0 Å². The van der Waals surface area contributed by atoms with Crippen LogP contribution in [0.4, 0.5) is 0 Å². The standard InChI is InChI=1S/C16H28N2O2/c1-5-16(4)15(20)18(10-6-7-11(2)3)13(12-8-9-12)14(19)17-16/h11-13H,5-10H2,1-4H3,(H,17,19). The lowest BCUT2D eigenvalue weighted by atomic mass is 9.90. The van der Waals surface area contributed by atoms with Crippen molar-refractivity contribution in [2.45, 2.75) is 71.4 Å². The molecule has 0 bridgehead atoms. The van der Waals surface area contributed by atoms with E-state index in [0.29, 0.717) is 18.3 Å². The van der Waals surface area contributed by atoms with E-state index in [1.165, 1.54) is 0 Å². The lowest BCUT2D eigenvalue weighted by Crippen LogP contribution is -2.69. The number of piperazine rings is 1. The van der Waals surface area contributed by atoms with Crippen molar-refractivity contribution < 1.29 is 9.59 Å². The zero-order chi connectivity index (χ0) is 14.9. The number of nitrogens with one attached hydrogen (secondary N) is 1. The Morgan fingerprint density at radius 3 is 2.50 bits per heavy atom. The summed E-state index contributed by atoms with van der Waals surface area (Å²) in [5, 5.41) is 2.96. The Morgan fingerprint density at radius 2 is 2.00 bits per heavy atom. The summed E-state index contributed by atoms with van der Waals surface area (Å²) in [7, 11) is 0. The van der Waals surface area contributed by atoms with Crippen LogP contribution >= 0.6 is 0 Å². The van der Waals surface area contributed by atoms with Crippen molar-refractivity contribution in [2.24, 2.45) is 11.8 Å². The third-order valence-corrected chi connectivity index (χ3v) is 4.69. The van der Waals surface area contributed by atoms with Gasteiger partial charge in [0.05, 0.1) is 0 Å². The van der Waals surface area contributed by atoms with Crippen LogP contribution in [0.25, 0.3) is 0 Å². The molecule has 114 valence electrons. The SMILES string of the molecule is CCC1(C)NC(=O)C(C2CC2)N(CCCC(C)C)C1=O. The average Bonchev–Trinajstić information content (AvgIpc) is 3.19. The van der Waals surface area contributed by atoms with Crippen LogP contribution < -0.4 is 5.32 Å². The van der Waals surface area contributed by atoms with Crippen molar-refractivity contribution in [2.75, 3.05) is 6.54 Å². The molecule has 2 rings (SSSR count). The third kappa shape index (κ3) is 2.99. The van der Waals surface area contributed by atoms with Gasteiger partial charge >= 0.3 is 0 Å². The quantitative estimate of drug-likeness (QED) is 0.812. The fraction of sp³-hybridized carbons (Fsp3) is 0.875. The van der Waals surface area contributed by atoms with Gasteiger partial charge in [0.2, 0.25) is 11.8 Å². The Hall–Kier alpha value is -1.06. The third-order valence-electron chi connectivity index (χ3n) is 4.69. The van der Waals surface area contributed by atoms with E-state index >= 15 is 0 Å². The molecule has 0 aromatic carbocycles. The highest BCUT2D eigenvalue weighted by Gasteiger charge is 2.51. The van der Waals surface area contributed by atoms with Crippen LogP contribution in [-0.2, 0) is 9.59 Å². The van der Waals surface area contributed by atoms with Crippen molar-refractivity contribution in [3.8, 4) is 0 Å². The van der Waals surface area contributed by atoms with Crippen LogP contribution in [0.5, 0.6) is 0 Å². The Bertz CT molecular complexity index is 390. The molecule has 1 heterocycles. The summed E-state index contributed by atoms with van der Waals surface area (Å²) in [5.41, 5.74) is -0.708. The fourth-order valence-corrected chi connectivity index (χ4v) is 3.01. The minimum atomic E-state index is -0.708. The molecule has 2 unspecified atom stereocenters. The zero-order valence-corrected chi connectivity index (χ0v) is 13.2.